The van der Waals surface area contributed by atoms with Gasteiger partial charge in [-0.25, -0.2) is 0 Å². The zero-order valence-electron chi connectivity index (χ0n) is 11.5. The number of Topliss-reactive ketones (excluding diaryl/α,β-unsaturated/α-hetero) is 1. The predicted molar refractivity (Wildman–Crippen MR) is 77.3 cm³/mol. The van der Waals surface area contributed by atoms with E-state index in [1.165, 1.54) is 38.5 Å². The monoisotopic (exact) mass is 249 g/mol. The molecule has 0 aromatic rings. The van der Waals surface area contributed by atoms with Gasteiger partial charge in [0.1, 0.15) is 0 Å². The van der Waals surface area contributed by atoms with Crippen LogP contribution in [0, 0.1) is 5.41 Å². The van der Waals surface area contributed by atoms with Crippen molar-refractivity contribution in [1.82, 2.24) is 0 Å². The van der Waals surface area contributed by atoms with E-state index in [1.807, 2.05) is 0 Å². The first-order chi connectivity index (χ1) is 8.80. The van der Waals surface area contributed by atoms with Gasteiger partial charge in [0.25, 0.3) is 0 Å². The van der Waals surface area contributed by atoms with Crippen LogP contribution in [0.1, 0.15) is 77.0 Å². The maximum absolute atomic E-state index is 11.7. The molecule has 102 valence electrons. The summed E-state index contributed by atoms with van der Waals surface area (Å²) in [5, 5.41) is 7.74. The Labute approximate surface area is 111 Å². The van der Waals surface area contributed by atoms with Crippen LogP contribution in [0.15, 0.2) is 12.2 Å². The summed E-state index contributed by atoms with van der Waals surface area (Å²) in [7, 11) is 0. The van der Waals surface area contributed by atoms with E-state index >= 15 is 0 Å². The number of allylic oxidation sites excluding steroid dienone is 2. The number of carbonyl (C=O) groups is 1. The summed E-state index contributed by atoms with van der Waals surface area (Å²) < 4.78 is 0. The average molecular weight is 249 g/mol. The third kappa shape index (κ3) is 7.41. The number of hydrogen-bond acceptors (Lipinski definition) is 2. The van der Waals surface area contributed by atoms with Gasteiger partial charge in [0, 0.05) is 6.42 Å². The minimum absolute atomic E-state index is 0.0852. The summed E-state index contributed by atoms with van der Waals surface area (Å²) in [5.41, 5.74) is 0.363. The summed E-state index contributed by atoms with van der Waals surface area (Å²) in [4.78, 5) is 11.7. The highest BCUT2D eigenvalue weighted by Gasteiger charge is 2.08. The van der Waals surface area contributed by atoms with Crippen LogP contribution in [0.3, 0.4) is 0 Å². The van der Waals surface area contributed by atoms with Gasteiger partial charge < -0.3 is 5.41 Å². The lowest BCUT2D eigenvalue weighted by atomic mass is 10.0. The van der Waals surface area contributed by atoms with Gasteiger partial charge >= 0.3 is 0 Å². The zero-order chi connectivity index (χ0) is 13.1. The highest BCUT2D eigenvalue weighted by Crippen LogP contribution is 2.11. The van der Waals surface area contributed by atoms with Crippen LogP contribution >= 0.6 is 0 Å². The van der Waals surface area contributed by atoms with Crippen LogP contribution in [0.4, 0.5) is 0 Å². The molecule has 2 nitrogen and oxygen atoms in total. The number of hydrogen-bond donors (Lipinski definition) is 1. The van der Waals surface area contributed by atoms with E-state index in [2.05, 4.69) is 12.2 Å². The maximum atomic E-state index is 11.7. The van der Waals surface area contributed by atoms with Crippen LogP contribution in [-0.2, 0) is 4.79 Å². The first-order valence-electron chi connectivity index (χ1n) is 7.56. The molecule has 1 rings (SSSR count). The van der Waals surface area contributed by atoms with Crippen molar-refractivity contribution in [2.24, 2.45) is 0 Å². The van der Waals surface area contributed by atoms with Crippen molar-refractivity contribution in [1.29, 1.82) is 5.41 Å². The fourth-order valence-corrected chi connectivity index (χ4v) is 2.34. The van der Waals surface area contributed by atoms with E-state index in [4.69, 9.17) is 5.41 Å². The molecule has 0 aromatic heterocycles. The molecule has 0 unspecified atom stereocenters. The lowest BCUT2D eigenvalue weighted by Crippen LogP contribution is -2.12. The van der Waals surface area contributed by atoms with Gasteiger partial charge in [0.2, 0.25) is 0 Å². The van der Waals surface area contributed by atoms with Crippen LogP contribution in [0.25, 0.3) is 0 Å². The molecule has 18 heavy (non-hydrogen) atoms. The van der Waals surface area contributed by atoms with E-state index in [1.54, 1.807) is 0 Å². The van der Waals surface area contributed by atoms with Crippen molar-refractivity contribution in [2.45, 2.75) is 77.0 Å². The van der Waals surface area contributed by atoms with Gasteiger partial charge in [0.15, 0.2) is 5.78 Å². The summed E-state index contributed by atoms with van der Waals surface area (Å²) in [6.45, 7) is 0. The molecule has 0 aliphatic heterocycles. The molecule has 0 spiro atoms. The molecule has 1 aliphatic rings. The summed E-state index contributed by atoms with van der Waals surface area (Å²) >= 11 is 0. The second-order valence-corrected chi connectivity index (χ2v) is 5.28. The minimum Gasteiger partial charge on any atom is -0.302 e. The van der Waals surface area contributed by atoms with Crippen molar-refractivity contribution in [3.63, 3.8) is 0 Å². The Balaban J connectivity index is 2.30. The van der Waals surface area contributed by atoms with Gasteiger partial charge in [-0.05, 0) is 44.9 Å². The second kappa shape index (κ2) is 10.0. The maximum Gasteiger partial charge on any atom is 0.176 e. The molecule has 0 atom stereocenters. The molecule has 1 aliphatic carbocycles. The first kappa shape index (κ1) is 15.1. The molecule has 0 saturated heterocycles. The Hall–Kier alpha value is -0.920. The second-order valence-electron chi connectivity index (χ2n) is 5.28. The molecule has 0 aromatic carbocycles. The van der Waals surface area contributed by atoms with E-state index in [9.17, 15) is 4.79 Å². The molecule has 1 N–H and O–H groups in total. The van der Waals surface area contributed by atoms with Crippen molar-refractivity contribution in [3.05, 3.63) is 12.2 Å². The third-order valence-corrected chi connectivity index (χ3v) is 3.58. The topological polar surface area (TPSA) is 40.9 Å². The van der Waals surface area contributed by atoms with Crippen LogP contribution < -0.4 is 0 Å². The smallest absolute Gasteiger partial charge is 0.176 e. The van der Waals surface area contributed by atoms with E-state index in [0.29, 0.717) is 18.6 Å². The normalized spacial score (nSPS) is 23.8. The Bertz CT molecular complexity index is 253. The van der Waals surface area contributed by atoms with Crippen molar-refractivity contribution in [3.8, 4) is 0 Å². The van der Waals surface area contributed by atoms with Crippen molar-refractivity contribution in [2.75, 3.05) is 0 Å². The fraction of sp³-hybridized carbons (Fsp3) is 0.750. The van der Waals surface area contributed by atoms with Gasteiger partial charge in [-0.2, -0.15) is 0 Å². The molecule has 0 fully saturated rings. The van der Waals surface area contributed by atoms with Gasteiger partial charge in [-0.3, -0.25) is 4.79 Å². The highest BCUT2D eigenvalue weighted by atomic mass is 16.1. The lowest BCUT2D eigenvalue weighted by Gasteiger charge is -2.04. The molecule has 0 amide bonds. The number of rotatable bonds is 0. The molecular formula is C16H27NO. The van der Waals surface area contributed by atoms with Crippen LogP contribution in [0.5, 0.6) is 0 Å². The summed E-state index contributed by atoms with van der Waals surface area (Å²) in [6, 6.07) is 0. The SMILES string of the molecule is N=C1CCCCCC/C=C/CCCCCCC1=O. The van der Waals surface area contributed by atoms with Crippen molar-refractivity contribution < 1.29 is 4.79 Å². The lowest BCUT2D eigenvalue weighted by molar-refractivity contribution is -0.113. The summed E-state index contributed by atoms with van der Waals surface area (Å²) in [5.74, 6) is 0.0852. The Morgan fingerprint density at radius 3 is 1.83 bits per heavy atom. The number of nitrogens with one attached hydrogen (secondary N) is 1. The van der Waals surface area contributed by atoms with E-state index in [-0.39, 0.29) is 5.78 Å². The van der Waals surface area contributed by atoms with Crippen LogP contribution in [-0.4, -0.2) is 11.5 Å². The minimum atomic E-state index is 0.0852. The van der Waals surface area contributed by atoms with E-state index < -0.39 is 0 Å². The number of ketones is 1. The summed E-state index contributed by atoms with van der Waals surface area (Å²) in [6.07, 6.45) is 17.5. The zero-order valence-corrected chi connectivity index (χ0v) is 11.5. The standard InChI is InChI=1S/C16H27NO/c17-15-13-11-9-7-5-3-1-2-4-6-8-10-12-14-16(15)18/h1-2,17H,3-14H2/b2-1+,17-15?. The predicted octanol–water partition coefficient (Wildman–Crippen LogP) is 4.83. The van der Waals surface area contributed by atoms with Gasteiger partial charge in [-0.15, -0.1) is 0 Å². The third-order valence-electron chi connectivity index (χ3n) is 3.58. The Kier molecular flexibility index (Phi) is 8.45. The quantitative estimate of drug-likeness (QED) is 0.614. The molecule has 0 bridgehead atoms. The Morgan fingerprint density at radius 2 is 1.22 bits per heavy atom. The van der Waals surface area contributed by atoms with Crippen molar-refractivity contribution >= 4 is 11.5 Å². The van der Waals surface area contributed by atoms with Gasteiger partial charge in [0.05, 0.1) is 5.71 Å². The molecule has 2 heteroatoms. The highest BCUT2D eigenvalue weighted by molar-refractivity contribution is 6.38. The Morgan fingerprint density at radius 1 is 0.722 bits per heavy atom. The van der Waals surface area contributed by atoms with Gasteiger partial charge in [-0.1, -0.05) is 37.8 Å². The van der Waals surface area contributed by atoms with E-state index in [0.717, 1.165) is 25.7 Å². The molecule has 0 heterocycles. The fourth-order valence-electron chi connectivity index (χ4n) is 2.34. The first-order valence-corrected chi connectivity index (χ1v) is 7.56. The molecule has 0 saturated carbocycles. The average Bonchev–Trinajstić information content (AvgIpc) is 2.37. The van der Waals surface area contributed by atoms with Crippen LogP contribution in [0.2, 0.25) is 0 Å². The molecular weight excluding hydrogens is 222 g/mol. The number of carbonyl (C=O) groups excluding carboxylic acids is 1. The molecule has 0 radical (unpaired) electrons. The largest absolute Gasteiger partial charge is 0.302 e.